The molecule has 78 valence electrons. The van der Waals surface area contributed by atoms with Crippen LogP contribution in [0.1, 0.15) is 20.8 Å². The van der Waals surface area contributed by atoms with Crippen molar-refractivity contribution in [1.29, 1.82) is 0 Å². The van der Waals surface area contributed by atoms with Crippen molar-refractivity contribution in [2.24, 2.45) is 0 Å². The summed E-state index contributed by atoms with van der Waals surface area (Å²) in [6, 6.07) is 0. The van der Waals surface area contributed by atoms with Crippen LogP contribution in [0.5, 0.6) is 0 Å². The van der Waals surface area contributed by atoms with E-state index in [0.717, 1.165) is 0 Å². The zero-order valence-corrected chi connectivity index (χ0v) is 8.49. The summed E-state index contributed by atoms with van der Waals surface area (Å²) in [6.07, 6.45) is 0.223. The van der Waals surface area contributed by atoms with Gasteiger partial charge < -0.3 is 18.9 Å². The van der Waals surface area contributed by atoms with Gasteiger partial charge in [-0.15, -0.1) is 0 Å². The SMILES string of the molecule is CCOC(C)COC1OCC(C)O1. The fourth-order valence-corrected chi connectivity index (χ4v) is 1.12. The third-order valence-electron chi connectivity index (χ3n) is 1.73. The normalized spacial score (nSPS) is 30.7. The maximum atomic E-state index is 5.32. The first-order chi connectivity index (χ1) is 6.22. The summed E-state index contributed by atoms with van der Waals surface area (Å²) in [5.74, 6) is 0. The first-order valence-corrected chi connectivity index (χ1v) is 4.72. The van der Waals surface area contributed by atoms with Crippen molar-refractivity contribution >= 4 is 0 Å². The van der Waals surface area contributed by atoms with Crippen molar-refractivity contribution in [3.05, 3.63) is 0 Å². The molecule has 3 atom stereocenters. The molecule has 3 unspecified atom stereocenters. The van der Waals surface area contributed by atoms with Crippen LogP contribution in [0.25, 0.3) is 0 Å². The van der Waals surface area contributed by atoms with Gasteiger partial charge in [-0.05, 0) is 20.8 Å². The van der Waals surface area contributed by atoms with Crippen molar-refractivity contribution in [3.8, 4) is 0 Å². The van der Waals surface area contributed by atoms with Gasteiger partial charge in [-0.3, -0.25) is 0 Å². The van der Waals surface area contributed by atoms with Crippen LogP contribution in [0.2, 0.25) is 0 Å². The molecule has 0 spiro atoms. The van der Waals surface area contributed by atoms with E-state index in [0.29, 0.717) is 19.8 Å². The predicted molar refractivity (Wildman–Crippen MR) is 47.3 cm³/mol. The lowest BCUT2D eigenvalue weighted by atomic mass is 10.4. The fraction of sp³-hybridized carbons (Fsp3) is 1.00. The molecule has 0 aromatic heterocycles. The van der Waals surface area contributed by atoms with Crippen LogP contribution in [0.15, 0.2) is 0 Å². The Bertz CT molecular complexity index is 140. The van der Waals surface area contributed by atoms with Gasteiger partial charge in [0.1, 0.15) is 0 Å². The van der Waals surface area contributed by atoms with Gasteiger partial charge >= 0.3 is 0 Å². The van der Waals surface area contributed by atoms with Gasteiger partial charge in [0.05, 0.1) is 25.4 Å². The minimum atomic E-state index is -0.502. The molecule has 13 heavy (non-hydrogen) atoms. The molecular weight excluding hydrogens is 172 g/mol. The van der Waals surface area contributed by atoms with E-state index in [2.05, 4.69) is 0 Å². The van der Waals surface area contributed by atoms with Gasteiger partial charge in [0.15, 0.2) is 0 Å². The molecule has 4 nitrogen and oxygen atoms in total. The molecule has 0 aromatic rings. The highest BCUT2D eigenvalue weighted by atomic mass is 16.9. The van der Waals surface area contributed by atoms with Gasteiger partial charge in [-0.2, -0.15) is 0 Å². The molecule has 0 saturated carbocycles. The summed E-state index contributed by atoms with van der Waals surface area (Å²) in [5, 5.41) is 0. The minimum absolute atomic E-state index is 0.0908. The van der Waals surface area contributed by atoms with Crippen molar-refractivity contribution in [3.63, 3.8) is 0 Å². The summed E-state index contributed by atoms with van der Waals surface area (Å²) in [5.41, 5.74) is 0. The molecule has 0 aromatic carbocycles. The highest BCUT2D eigenvalue weighted by Crippen LogP contribution is 2.12. The molecule has 1 fully saturated rings. The van der Waals surface area contributed by atoms with E-state index in [-0.39, 0.29) is 12.2 Å². The van der Waals surface area contributed by atoms with Gasteiger partial charge in [0.25, 0.3) is 6.48 Å². The van der Waals surface area contributed by atoms with Crippen LogP contribution in [0.3, 0.4) is 0 Å². The summed E-state index contributed by atoms with van der Waals surface area (Å²) in [7, 11) is 0. The molecule has 1 rings (SSSR count). The van der Waals surface area contributed by atoms with E-state index in [1.165, 1.54) is 0 Å². The van der Waals surface area contributed by atoms with Crippen LogP contribution in [-0.4, -0.2) is 38.5 Å². The molecule has 0 amide bonds. The highest BCUT2D eigenvalue weighted by Gasteiger charge is 2.23. The van der Waals surface area contributed by atoms with Gasteiger partial charge in [-0.25, -0.2) is 0 Å². The van der Waals surface area contributed by atoms with E-state index < -0.39 is 6.48 Å². The predicted octanol–water partition coefficient (Wildman–Crippen LogP) is 1.15. The number of rotatable bonds is 5. The molecule has 1 saturated heterocycles. The molecule has 1 aliphatic heterocycles. The first-order valence-electron chi connectivity index (χ1n) is 4.72. The summed E-state index contributed by atoms with van der Waals surface area (Å²) < 4.78 is 21.1. The third kappa shape index (κ3) is 4.04. The largest absolute Gasteiger partial charge is 0.376 e. The first kappa shape index (κ1) is 10.9. The number of ether oxygens (including phenoxy) is 4. The molecule has 0 bridgehead atoms. The van der Waals surface area contributed by atoms with Crippen molar-refractivity contribution in [2.45, 2.75) is 39.5 Å². The number of hydrogen-bond acceptors (Lipinski definition) is 4. The second-order valence-electron chi connectivity index (χ2n) is 3.17. The summed E-state index contributed by atoms with van der Waals surface area (Å²) in [4.78, 5) is 0. The van der Waals surface area contributed by atoms with Crippen LogP contribution in [0.4, 0.5) is 0 Å². The Labute approximate surface area is 79.1 Å². The second kappa shape index (κ2) is 5.54. The quantitative estimate of drug-likeness (QED) is 0.651. The van der Waals surface area contributed by atoms with Crippen LogP contribution in [0, 0.1) is 0 Å². The van der Waals surface area contributed by atoms with Gasteiger partial charge in [0, 0.05) is 6.61 Å². The Kier molecular flexibility index (Phi) is 4.66. The standard InChI is InChI=1S/C9H18O4/c1-4-10-7(2)5-11-9-12-6-8(3)13-9/h7-9H,4-6H2,1-3H3. The fourth-order valence-electron chi connectivity index (χ4n) is 1.12. The monoisotopic (exact) mass is 190 g/mol. The lowest BCUT2D eigenvalue weighted by Crippen LogP contribution is -2.22. The van der Waals surface area contributed by atoms with Gasteiger partial charge in [-0.1, -0.05) is 0 Å². The zero-order chi connectivity index (χ0) is 9.68. The highest BCUT2D eigenvalue weighted by molar-refractivity contribution is 4.54. The molecule has 1 heterocycles. The van der Waals surface area contributed by atoms with E-state index >= 15 is 0 Å². The van der Waals surface area contributed by atoms with E-state index in [1.54, 1.807) is 0 Å². The van der Waals surface area contributed by atoms with Crippen LogP contribution < -0.4 is 0 Å². The van der Waals surface area contributed by atoms with E-state index in [9.17, 15) is 0 Å². The summed E-state index contributed by atoms with van der Waals surface area (Å²) in [6.45, 7) is 7.18. The molecule has 4 heteroatoms. The Hall–Kier alpha value is -0.160. The van der Waals surface area contributed by atoms with E-state index in [4.69, 9.17) is 18.9 Å². The third-order valence-corrected chi connectivity index (χ3v) is 1.73. The Morgan fingerprint density at radius 3 is 2.85 bits per heavy atom. The molecule has 0 aliphatic carbocycles. The summed E-state index contributed by atoms with van der Waals surface area (Å²) >= 11 is 0. The second-order valence-corrected chi connectivity index (χ2v) is 3.17. The van der Waals surface area contributed by atoms with Crippen LogP contribution in [-0.2, 0) is 18.9 Å². The lowest BCUT2D eigenvalue weighted by Gasteiger charge is -2.15. The topological polar surface area (TPSA) is 36.9 Å². The average molecular weight is 190 g/mol. The van der Waals surface area contributed by atoms with Crippen molar-refractivity contribution < 1.29 is 18.9 Å². The maximum absolute atomic E-state index is 5.32. The van der Waals surface area contributed by atoms with Gasteiger partial charge in [0.2, 0.25) is 0 Å². The maximum Gasteiger partial charge on any atom is 0.272 e. The average Bonchev–Trinajstić information content (AvgIpc) is 2.49. The van der Waals surface area contributed by atoms with Crippen LogP contribution >= 0.6 is 0 Å². The van der Waals surface area contributed by atoms with Crippen molar-refractivity contribution in [2.75, 3.05) is 19.8 Å². The van der Waals surface area contributed by atoms with E-state index in [1.807, 2.05) is 20.8 Å². The molecular formula is C9H18O4. The lowest BCUT2D eigenvalue weighted by molar-refractivity contribution is -0.245. The number of hydrogen-bond donors (Lipinski definition) is 0. The minimum Gasteiger partial charge on any atom is -0.376 e. The van der Waals surface area contributed by atoms with Crippen molar-refractivity contribution in [1.82, 2.24) is 0 Å². The molecule has 0 N–H and O–H groups in total. The molecule has 1 aliphatic rings. The molecule has 0 radical (unpaired) electrons. The zero-order valence-electron chi connectivity index (χ0n) is 8.49. The Morgan fingerprint density at radius 1 is 1.54 bits per heavy atom. The Morgan fingerprint density at radius 2 is 2.31 bits per heavy atom. The Balaban J connectivity index is 2.05. The smallest absolute Gasteiger partial charge is 0.272 e.